The number of hydrogen-bond acceptors (Lipinski definition) is 2. The quantitative estimate of drug-likeness (QED) is 0.773. The Hall–Kier alpha value is -1.27. The standard InChI is InChI=1S/C15H13ClINO2/c16-14-7-6-13(17)8-12(14)9-18-15(19)20-10-11-4-2-1-3-5-11/h1-8H,9-10H2,(H,18,19). The van der Waals surface area contributed by atoms with E-state index in [1.54, 1.807) is 0 Å². The summed E-state index contributed by atoms with van der Waals surface area (Å²) in [6.45, 7) is 0.607. The first-order valence-corrected chi connectivity index (χ1v) is 7.49. The number of rotatable bonds is 4. The Morgan fingerprint density at radius 2 is 1.95 bits per heavy atom. The van der Waals surface area contributed by atoms with E-state index in [0.29, 0.717) is 11.6 Å². The fraction of sp³-hybridized carbons (Fsp3) is 0.133. The van der Waals surface area contributed by atoms with E-state index in [9.17, 15) is 4.79 Å². The van der Waals surface area contributed by atoms with Gasteiger partial charge in [0.1, 0.15) is 6.61 Å². The molecule has 0 bridgehead atoms. The maximum atomic E-state index is 11.6. The lowest BCUT2D eigenvalue weighted by atomic mass is 10.2. The second kappa shape index (κ2) is 7.50. The van der Waals surface area contributed by atoms with Crippen LogP contribution < -0.4 is 5.32 Å². The smallest absolute Gasteiger partial charge is 0.407 e. The molecular weight excluding hydrogens is 389 g/mol. The van der Waals surface area contributed by atoms with Crippen molar-refractivity contribution in [3.05, 3.63) is 68.3 Å². The van der Waals surface area contributed by atoms with Crippen molar-refractivity contribution in [3.63, 3.8) is 0 Å². The lowest BCUT2D eigenvalue weighted by Crippen LogP contribution is -2.23. The minimum absolute atomic E-state index is 0.257. The van der Waals surface area contributed by atoms with Crippen LogP contribution in [-0.4, -0.2) is 6.09 Å². The van der Waals surface area contributed by atoms with E-state index in [2.05, 4.69) is 27.9 Å². The summed E-state index contributed by atoms with van der Waals surface area (Å²) >= 11 is 8.26. The topological polar surface area (TPSA) is 38.3 Å². The number of ether oxygens (including phenoxy) is 1. The maximum Gasteiger partial charge on any atom is 0.407 e. The molecule has 0 aromatic heterocycles. The molecule has 0 saturated carbocycles. The minimum atomic E-state index is -0.455. The van der Waals surface area contributed by atoms with Gasteiger partial charge in [0.15, 0.2) is 0 Å². The molecule has 0 atom stereocenters. The molecule has 1 N–H and O–H groups in total. The molecule has 104 valence electrons. The zero-order chi connectivity index (χ0) is 14.4. The number of carbonyl (C=O) groups excluding carboxylic acids is 1. The molecule has 0 radical (unpaired) electrons. The summed E-state index contributed by atoms with van der Waals surface area (Å²) in [5.41, 5.74) is 1.82. The number of halogens is 2. The van der Waals surface area contributed by atoms with Gasteiger partial charge in [0.25, 0.3) is 0 Å². The Kier molecular flexibility index (Phi) is 5.67. The van der Waals surface area contributed by atoms with Gasteiger partial charge in [0.2, 0.25) is 0 Å². The first-order valence-electron chi connectivity index (χ1n) is 6.03. The van der Waals surface area contributed by atoms with Crippen LogP contribution in [0.3, 0.4) is 0 Å². The highest BCUT2D eigenvalue weighted by Gasteiger charge is 2.05. The van der Waals surface area contributed by atoms with E-state index in [4.69, 9.17) is 16.3 Å². The third-order valence-corrected chi connectivity index (χ3v) is 3.68. The van der Waals surface area contributed by atoms with Gasteiger partial charge in [-0.1, -0.05) is 41.9 Å². The molecule has 0 unspecified atom stereocenters. The Balaban J connectivity index is 1.82. The predicted molar refractivity (Wildman–Crippen MR) is 87.6 cm³/mol. The van der Waals surface area contributed by atoms with Crippen LogP contribution in [-0.2, 0) is 17.9 Å². The molecule has 20 heavy (non-hydrogen) atoms. The summed E-state index contributed by atoms with van der Waals surface area (Å²) in [6, 6.07) is 15.2. The normalized spacial score (nSPS) is 10.1. The highest BCUT2D eigenvalue weighted by Crippen LogP contribution is 2.18. The van der Waals surface area contributed by atoms with Crippen molar-refractivity contribution in [1.29, 1.82) is 0 Å². The molecule has 0 heterocycles. The Morgan fingerprint density at radius 1 is 1.20 bits per heavy atom. The highest BCUT2D eigenvalue weighted by molar-refractivity contribution is 14.1. The first-order chi connectivity index (χ1) is 9.65. The average Bonchev–Trinajstić information content (AvgIpc) is 2.47. The molecule has 0 aliphatic carbocycles. The van der Waals surface area contributed by atoms with Crippen molar-refractivity contribution in [2.24, 2.45) is 0 Å². The minimum Gasteiger partial charge on any atom is -0.445 e. The molecular formula is C15H13ClINO2. The van der Waals surface area contributed by atoms with Crippen LogP contribution in [0.4, 0.5) is 4.79 Å². The Bertz CT molecular complexity index is 590. The van der Waals surface area contributed by atoms with Crippen LogP contribution in [0.15, 0.2) is 48.5 Å². The van der Waals surface area contributed by atoms with Gasteiger partial charge in [-0.15, -0.1) is 0 Å². The third-order valence-electron chi connectivity index (χ3n) is 2.64. The van der Waals surface area contributed by atoms with Crippen molar-refractivity contribution in [2.75, 3.05) is 0 Å². The molecule has 2 aromatic rings. The average molecular weight is 402 g/mol. The molecule has 0 aliphatic heterocycles. The van der Waals surface area contributed by atoms with Gasteiger partial charge in [0, 0.05) is 15.1 Å². The molecule has 0 spiro atoms. The largest absolute Gasteiger partial charge is 0.445 e. The van der Waals surface area contributed by atoms with Gasteiger partial charge in [0.05, 0.1) is 0 Å². The number of hydrogen-bond donors (Lipinski definition) is 1. The van der Waals surface area contributed by atoms with Crippen molar-refractivity contribution < 1.29 is 9.53 Å². The summed E-state index contributed by atoms with van der Waals surface area (Å²) in [4.78, 5) is 11.6. The molecule has 0 fully saturated rings. The third kappa shape index (κ3) is 4.68. The maximum absolute atomic E-state index is 11.6. The monoisotopic (exact) mass is 401 g/mol. The van der Waals surface area contributed by atoms with E-state index in [1.807, 2.05) is 48.5 Å². The van der Waals surface area contributed by atoms with E-state index in [1.165, 1.54) is 0 Å². The van der Waals surface area contributed by atoms with Crippen molar-refractivity contribution in [3.8, 4) is 0 Å². The predicted octanol–water partition coefficient (Wildman–Crippen LogP) is 4.37. The van der Waals surface area contributed by atoms with Crippen LogP contribution in [0, 0.1) is 3.57 Å². The number of alkyl carbamates (subject to hydrolysis) is 1. The summed E-state index contributed by atoms with van der Waals surface area (Å²) in [5, 5.41) is 3.32. The second-order valence-electron chi connectivity index (χ2n) is 4.15. The van der Waals surface area contributed by atoms with Crippen molar-refractivity contribution in [2.45, 2.75) is 13.2 Å². The van der Waals surface area contributed by atoms with Gasteiger partial charge in [-0.2, -0.15) is 0 Å². The fourth-order valence-corrected chi connectivity index (χ4v) is 2.36. The SMILES string of the molecule is O=C(NCc1cc(I)ccc1Cl)OCc1ccccc1. The van der Waals surface area contributed by atoms with E-state index >= 15 is 0 Å². The summed E-state index contributed by atoms with van der Waals surface area (Å²) in [6.07, 6.45) is -0.455. The number of benzene rings is 2. The summed E-state index contributed by atoms with van der Waals surface area (Å²) in [5.74, 6) is 0. The first kappa shape index (κ1) is 15.1. The fourth-order valence-electron chi connectivity index (χ4n) is 1.62. The summed E-state index contributed by atoms with van der Waals surface area (Å²) in [7, 11) is 0. The van der Waals surface area contributed by atoms with Gasteiger partial charge in [-0.3, -0.25) is 0 Å². The Morgan fingerprint density at radius 3 is 2.70 bits per heavy atom. The molecule has 2 aromatic carbocycles. The number of carbonyl (C=O) groups is 1. The Labute approximate surface area is 136 Å². The molecule has 0 saturated heterocycles. The molecule has 5 heteroatoms. The van der Waals surface area contributed by atoms with Crippen LogP contribution in [0.25, 0.3) is 0 Å². The van der Waals surface area contributed by atoms with Gasteiger partial charge in [-0.05, 0) is 51.9 Å². The van der Waals surface area contributed by atoms with Crippen LogP contribution in [0.5, 0.6) is 0 Å². The lowest BCUT2D eigenvalue weighted by Gasteiger charge is -2.08. The zero-order valence-electron chi connectivity index (χ0n) is 10.6. The van der Waals surface area contributed by atoms with E-state index < -0.39 is 6.09 Å². The molecule has 2 rings (SSSR count). The van der Waals surface area contributed by atoms with E-state index in [0.717, 1.165) is 14.7 Å². The number of amides is 1. The zero-order valence-corrected chi connectivity index (χ0v) is 13.5. The molecule has 3 nitrogen and oxygen atoms in total. The molecule has 0 aliphatic rings. The van der Waals surface area contributed by atoms with Crippen molar-refractivity contribution >= 4 is 40.3 Å². The van der Waals surface area contributed by atoms with Gasteiger partial charge < -0.3 is 10.1 Å². The lowest BCUT2D eigenvalue weighted by molar-refractivity contribution is 0.139. The van der Waals surface area contributed by atoms with Gasteiger partial charge >= 0.3 is 6.09 Å². The highest BCUT2D eigenvalue weighted by atomic mass is 127. The van der Waals surface area contributed by atoms with Gasteiger partial charge in [-0.25, -0.2) is 4.79 Å². The van der Waals surface area contributed by atoms with E-state index in [-0.39, 0.29) is 6.61 Å². The van der Waals surface area contributed by atoms with Crippen LogP contribution >= 0.6 is 34.2 Å². The van der Waals surface area contributed by atoms with Crippen LogP contribution in [0.2, 0.25) is 5.02 Å². The number of nitrogens with one attached hydrogen (secondary N) is 1. The van der Waals surface area contributed by atoms with Crippen LogP contribution in [0.1, 0.15) is 11.1 Å². The van der Waals surface area contributed by atoms with Crippen molar-refractivity contribution in [1.82, 2.24) is 5.32 Å². The second-order valence-corrected chi connectivity index (χ2v) is 5.80. The molecule has 1 amide bonds. The summed E-state index contributed by atoms with van der Waals surface area (Å²) < 4.78 is 6.20.